The highest BCUT2D eigenvalue weighted by Gasteiger charge is 2.72. The van der Waals surface area contributed by atoms with Crippen molar-refractivity contribution in [2.45, 2.75) is 88.8 Å². The first-order valence-electron chi connectivity index (χ1n) is 11.7. The van der Waals surface area contributed by atoms with Crippen LogP contribution in [0, 0.1) is 13.8 Å². The van der Waals surface area contributed by atoms with E-state index in [4.69, 9.17) is 11.5 Å². The molecule has 36 heavy (non-hydrogen) atoms. The van der Waals surface area contributed by atoms with Crippen molar-refractivity contribution < 1.29 is 36.6 Å². The summed E-state index contributed by atoms with van der Waals surface area (Å²) in [5.41, 5.74) is 4.53. The number of nitrogens with two attached hydrogens (primary N) is 2. The van der Waals surface area contributed by atoms with Crippen LogP contribution in [-0.4, -0.2) is 22.6 Å². The molecule has 3 rings (SSSR count). The molecule has 0 radical (unpaired) electrons. The van der Waals surface area contributed by atoms with Crippen molar-refractivity contribution in [1.29, 1.82) is 0 Å². The predicted molar refractivity (Wildman–Crippen MR) is 126 cm³/mol. The molecule has 0 unspecified atom stereocenters. The molecule has 0 aliphatic heterocycles. The van der Waals surface area contributed by atoms with Gasteiger partial charge in [-0.05, 0) is 74.9 Å². The van der Waals surface area contributed by atoms with Crippen molar-refractivity contribution in [2.75, 3.05) is 11.5 Å². The molecule has 2 aromatic rings. The van der Waals surface area contributed by atoms with Gasteiger partial charge in [0.2, 0.25) is 0 Å². The average molecular weight is 519 g/mol. The van der Waals surface area contributed by atoms with Crippen LogP contribution in [-0.2, 0) is 16.6 Å². The maximum absolute atomic E-state index is 13.8. The highest BCUT2D eigenvalue weighted by atomic mass is 19.4. The number of aliphatic hydroxyl groups is 2. The second kappa shape index (κ2) is 8.83. The molecule has 0 saturated heterocycles. The summed E-state index contributed by atoms with van der Waals surface area (Å²) in [5.74, 6) is 0. The molecule has 0 heterocycles. The van der Waals surface area contributed by atoms with E-state index in [2.05, 4.69) is 0 Å². The van der Waals surface area contributed by atoms with E-state index >= 15 is 0 Å². The lowest BCUT2D eigenvalue weighted by Gasteiger charge is -2.41. The third kappa shape index (κ3) is 4.42. The van der Waals surface area contributed by atoms with Crippen molar-refractivity contribution >= 4 is 11.4 Å². The maximum atomic E-state index is 13.8. The molecule has 0 spiro atoms. The van der Waals surface area contributed by atoms with Gasteiger partial charge in [-0.3, -0.25) is 0 Å². The summed E-state index contributed by atoms with van der Waals surface area (Å²) in [6.07, 6.45) is -9.01. The van der Waals surface area contributed by atoms with Crippen molar-refractivity contribution in [1.82, 2.24) is 0 Å². The Balaban J connectivity index is 2.40. The molecular formula is C26H32F6N2O2. The maximum Gasteiger partial charge on any atom is 0.430 e. The zero-order valence-electron chi connectivity index (χ0n) is 20.7. The molecule has 1 aliphatic carbocycles. The zero-order chi connectivity index (χ0) is 27.5. The number of nitrogen functional groups attached to an aromatic ring is 2. The molecule has 0 aromatic heterocycles. The van der Waals surface area contributed by atoms with Crippen LogP contribution in [0.3, 0.4) is 0 Å². The van der Waals surface area contributed by atoms with E-state index in [0.717, 1.165) is 12.5 Å². The standard InChI is InChI=1S/C26H32F6N2O2/c1-14-10-16(12-18(20(14)33)22(3,4)35)23(8-6-5-7-9-23)17-11-15(2)21(34)19(13-17)24(36,25(27,28)29)26(30,31)32/h10-13,35-36H,5-9,33-34H2,1-4H3. The molecule has 10 heteroatoms. The normalized spacial score (nSPS) is 17.3. The van der Waals surface area contributed by atoms with E-state index in [1.807, 2.05) is 0 Å². The Morgan fingerprint density at radius 2 is 1.08 bits per heavy atom. The summed E-state index contributed by atoms with van der Waals surface area (Å²) in [7, 11) is 0. The first-order valence-corrected chi connectivity index (χ1v) is 11.7. The molecule has 1 saturated carbocycles. The van der Waals surface area contributed by atoms with Crippen LogP contribution in [0.1, 0.15) is 79.3 Å². The molecule has 6 N–H and O–H groups in total. The summed E-state index contributed by atoms with van der Waals surface area (Å²) >= 11 is 0. The van der Waals surface area contributed by atoms with E-state index in [-0.39, 0.29) is 11.1 Å². The number of aryl methyl sites for hydroxylation is 2. The molecule has 1 aliphatic rings. The van der Waals surface area contributed by atoms with Crippen molar-refractivity contribution in [3.63, 3.8) is 0 Å². The Kier molecular flexibility index (Phi) is 6.90. The van der Waals surface area contributed by atoms with Crippen LogP contribution in [0.5, 0.6) is 0 Å². The molecule has 200 valence electrons. The summed E-state index contributed by atoms with van der Waals surface area (Å²) in [6, 6.07) is 5.69. The number of halogens is 6. The number of benzene rings is 2. The van der Waals surface area contributed by atoms with E-state index in [9.17, 15) is 36.6 Å². The summed E-state index contributed by atoms with van der Waals surface area (Å²) < 4.78 is 82.8. The van der Waals surface area contributed by atoms with Gasteiger partial charge in [-0.1, -0.05) is 31.4 Å². The predicted octanol–water partition coefficient (Wildman–Crippen LogP) is 6.26. The van der Waals surface area contributed by atoms with Gasteiger partial charge in [0.25, 0.3) is 5.60 Å². The van der Waals surface area contributed by atoms with Crippen molar-refractivity contribution in [3.05, 3.63) is 57.6 Å². The first-order chi connectivity index (χ1) is 16.3. The van der Waals surface area contributed by atoms with Crippen LogP contribution < -0.4 is 11.5 Å². The third-order valence-corrected chi connectivity index (χ3v) is 7.46. The van der Waals surface area contributed by atoms with Gasteiger partial charge in [-0.25, -0.2) is 0 Å². The fraction of sp³-hybridized carbons (Fsp3) is 0.538. The van der Waals surface area contributed by atoms with E-state index in [1.54, 1.807) is 32.9 Å². The third-order valence-electron chi connectivity index (χ3n) is 7.46. The topological polar surface area (TPSA) is 92.5 Å². The van der Waals surface area contributed by atoms with E-state index in [1.165, 1.54) is 13.0 Å². The number of anilines is 2. The van der Waals surface area contributed by atoms with Gasteiger partial charge in [0, 0.05) is 27.9 Å². The van der Waals surface area contributed by atoms with Crippen LogP contribution in [0.4, 0.5) is 37.7 Å². The highest BCUT2D eigenvalue weighted by molar-refractivity contribution is 5.63. The lowest BCUT2D eigenvalue weighted by Crippen LogP contribution is -2.54. The molecule has 4 nitrogen and oxygen atoms in total. The van der Waals surface area contributed by atoms with Crippen LogP contribution >= 0.6 is 0 Å². The monoisotopic (exact) mass is 518 g/mol. The Bertz CT molecular complexity index is 1130. The van der Waals surface area contributed by atoms with Gasteiger partial charge in [-0.2, -0.15) is 26.3 Å². The molecular weight excluding hydrogens is 486 g/mol. The largest absolute Gasteiger partial charge is 0.430 e. The molecule has 2 aromatic carbocycles. The van der Waals surface area contributed by atoms with Gasteiger partial charge in [0.1, 0.15) is 0 Å². The Hall–Kier alpha value is -2.46. The van der Waals surface area contributed by atoms with Gasteiger partial charge >= 0.3 is 12.4 Å². The smallest absolute Gasteiger partial charge is 0.398 e. The van der Waals surface area contributed by atoms with Crippen LogP contribution in [0.2, 0.25) is 0 Å². The number of alkyl halides is 6. The average Bonchev–Trinajstić information content (AvgIpc) is 2.74. The van der Waals surface area contributed by atoms with Gasteiger partial charge in [0.05, 0.1) is 5.60 Å². The van der Waals surface area contributed by atoms with Crippen molar-refractivity contribution in [3.8, 4) is 0 Å². The second-order valence-electron chi connectivity index (χ2n) is 10.4. The lowest BCUT2D eigenvalue weighted by atomic mass is 9.63. The molecule has 1 fully saturated rings. The number of hydrogen-bond acceptors (Lipinski definition) is 4. The van der Waals surface area contributed by atoms with Gasteiger partial charge < -0.3 is 21.7 Å². The van der Waals surface area contributed by atoms with Crippen molar-refractivity contribution in [2.24, 2.45) is 0 Å². The molecule has 0 atom stereocenters. The molecule has 0 bridgehead atoms. The minimum atomic E-state index is -6.06. The zero-order valence-corrected chi connectivity index (χ0v) is 20.7. The van der Waals surface area contributed by atoms with Gasteiger partial charge in [-0.15, -0.1) is 0 Å². The van der Waals surface area contributed by atoms with E-state index < -0.39 is 40.2 Å². The highest BCUT2D eigenvalue weighted by Crippen LogP contribution is 2.54. The number of hydrogen-bond donors (Lipinski definition) is 4. The van der Waals surface area contributed by atoms with Crippen LogP contribution in [0.15, 0.2) is 24.3 Å². The minimum absolute atomic E-state index is 0.00532. The van der Waals surface area contributed by atoms with Gasteiger partial charge in [0.15, 0.2) is 0 Å². The summed E-state index contributed by atoms with van der Waals surface area (Å²) in [5, 5.41) is 20.9. The lowest BCUT2D eigenvalue weighted by molar-refractivity contribution is -0.376. The first kappa shape index (κ1) is 28.1. The fourth-order valence-corrected chi connectivity index (χ4v) is 5.32. The summed E-state index contributed by atoms with van der Waals surface area (Å²) in [6.45, 7) is 6.15. The SMILES string of the molecule is Cc1cc(C2(c3cc(C)c(N)c(C(O)(C(F)(F)F)C(F)(F)F)c3)CCCCC2)cc(C(C)(C)O)c1N. The Morgan fingerprint density at radius 1 is 0.694 bits per heavy atom. The number of rotatable bonds is 4. The van der Waals surface area contributed by atoms with E-state index in [0.29, 0.717) is 48.1 Å². The summed E-state index contributed by atoms with van der Waals surface area (Å²) in [4.78, 5) is 0. The second-order valence-corrected chi connectivity index (χ2v) is 10.4. The molecule has 0 amide bonds. The Labute approximate surface area is 206 Å². The minimum Gasteiger partial charge on any atom is -0.398 e. The fourth-order valence-electron chi connectivity index (χ4n) is 5.32. The van der Waals surface area contributed by atoms with Crippen LogP contribution in [0.25, 0.3) is 0 Å². The Morgan fingerprint density at radius 3 is 1.47 bits per heavy atom. The quantitative estimate of drug-likeness (QED) is 0.284.